The fourth-order valence-electron chi connectivity index (χ4n) is 18.7. The minimum Gasteiger partial charge on any atom is -0.519 e. The van der Waals surface area contributed by atoms with Gasteiger partial charge in [0.15, 0.2) is 35.8 Å². The minimum absolute atomic E-state index is 0.0256. The first kappa shape index (κ1) is 136. The van der Waals surface area contributed by atoms with Gasteiger partial charge in [0.1, 0.15) is 58.7 Å². The van der Waals surface area contributed by atoms with Crippen LogP contribution in [0.1, 0.15) is 305 Å². The molecule has 0 bridgehead atoms. The van der Waals surface area contributed by atoms with Crippen LogP contribution < -0.4 is 0 Å². The van der Waals surface area contributed by atoms with Crippen molar-refractivity contribution in [3.8, 4) is 0 Å². The first-order chi connectivity index (χ1) is 67.2. The maximum atomic E-state index is 12.6. The Hall–Kier alpha value is -6.34. The van der Waals surface area contributed by atoms with Crippen molar-refractivity contribution in [1.82, 2.24) is 24.7 Å². The van der Waals surface area contributed by atoms with Crippen molar-refractivity contribution in [2.45, 2.75) is 455 Å². The Morgan fingerprint density at radius 3 is 1.20 bits per heavy atom. The molecule has 0 aliphatic carbocycles. The van der Waals surface area contributed by atoms with E-state index in [4.69, 9.17) is 89.8 Å². The van der Waals surface area contributed by atoms with Crippen LogP contribution in [0.15, 0.2) is 75.8 Å². The zero-order valence-electron chi connectivity index (χ0n) is 98.0. The fraction of sp³-hybridized carbons (Fsp3) is 0.817. The molecule has 37 heteroatoms. The maximum Gasteiger partial charge on any atom is 0.340 e. The third-order valence-corrected chi connectivity index (χ3v) is 30.2. The number of carbonyl (C=O) groups excluding carboxylic acids is 6. The molecule has 8 rings (SSSR count). The molecule has 1 aromatic heterocycles. The van der Waals surface area contributed by atoms with Gasteiger partial charge in [-0.2, -0.15) is 4.89 Å². The van der Waals surface area contributed by atoms with Crippen LogP contribution in [0.3, 0.4) is 0 Å². The van der Waals surface area contributed by atoms with E-state index in [1.54, 1.807) is 103 Å². The Morgan fingerprint density at radius 2 is 0.870 bits per heavy atom. The Balaban J connectivity index is 0.000000602. The highest BCUT2D eigenvalue weighted by molar-refractivity contribution is 7.25. The number of esters is 3. The smallest absolute Gasteiger partial charge is 0.340 e. The van der Waals surface area contributed by atoms with Crippen molar-refractivity contribution < 1.29 is 138 Å². The quantitative estimate of drug-likeness (QED) is 0.00930. The molecule has 842 valence electrons. The number of carbonyl (C=O) groups is 6. The lowest BCUT2D eigenvalue weighted by molar-refractivity contribution is -0.276. The van der Waals surface area contributed by atoms with Gasteiger partial charge in [0.25, 0.3) is 5.95 Å². The van der Waals surface area contributed by atoms with E-state index in [0.29, 0.717) is 89.7 Å². The molecule has 146 heavy (non-hydrogen) atoms. The molecule has 1 aromatic rings. The molecule has 7 aliphatic rings. The molecule has 0 saturated carbocycles. The van der Waals surface area contributed by atoms with Crippen LogP contribution in [0.25, 0.3) is 0 Å². The molecule has 26 atom stereocenters. The number of methoxy groups -OCH3 is 4. The predicted molar refractivity (Wildman–Crippen MR) is 567 cm³/mol. The summed E-state index contributed by atoms with van der Waals surface area (Å²) in [5.41, 5.74) is -1.61. The van der Waals surface area contributed by atoms with Crippen molar-refractivity contribution in [2.75, 3.05) is 77.3 Å². The highest BCUT2D eigenvalue weighted by Crippen LogP contribution is 2.47. The number of aromatic nitrogens is 2. The molecule has 7 aliphatic heterocycles. The lowest BCUT2D eigenvalue weighted by Gasteiger charge is -2.47. The summed E-state index contributed by atoms with van der Waals surface area (Å²) in [5, 5.41) is 10.9. The van der Waals surface area contributed by atoms with Gasteiger partial charge in [0, 0.05) is 149 Å². The van der Waals surface area contributed by atoms with Gasteiger partial charge in [-0.1, -0.05) is 109 Å². The van der Waals surface area contributed by atoms with Crippen LogP contribution in [-0.4, -0.2) is 283 Å². The molecule has 4 unspecified atom stereocenters. The SMILES string of the molecule is C/C=C1\OC(C)(C)OC(O[Si](C)(C)C)=C1C.CC(C)(C)c1ncccn1.CC1O[C@H](C)CC(N(C)C)[C@H]1COOC=O.CC[C@H](C)C[C@@](C)(OC)[C@H](O)[C@@H](C)C1=C(C)C(=O)OC(C)(C)O1.CC[C@H](C)C[C@@](C)(OC)[C@H](O[C@@H]1O[C@H](C)CC(N(C)C)[C@H]1P=O)[C@@H](C)C1=C(C)C(=O)OC(C)(C)O1.CC[C@H](C)C[C@](C)(C=O)OC.CO[C@](C)(C[C@@H](C)C=O)[C@H](O[C@@H]1O[C@H](C)CC(N(C)C)[C@H]1P=O)[C@@H](C)C1=C(C)C(=O)OC(C)(C)O1. The monoisotopic (exact) mass is 2130 g/mol. The molecule has 0 amide bonds. The van der Waals surface area contributed by atoms with Crippen LogP contribution in [0.5, 0.6) is 0 Å². The van der Waals surface area contributed by atoms with Gasteiger partial charge >= 0.3 is 24.4 Å². The Bertz CT molecular complexity index is 4380. The van der Waals surface area contributed by atoms with Gasteiger partial charge in [-0.15, -0.1) is 0 Å². The molecule has 0 aromatic carbocycles. The number of cyclic esters (lactones) is 3. The zero-order valence-corrected chi connectivity index (χ0v) is 101. The molecular formula is C109H193N5O29P2Si. The van der Waals surface area contributed by atoms with Gasteiger partial charge in [-0.05, 0) is 227 Å². The first-order valence-electron chi connectivity index (χ1n) is 51.8. The lowest BCUT2D eigenvalue weighted by atomic mass is 9.80. The minimum atomic E-state index is -1.66. The second-order valence-corrected chi connectivity index (χ2v) is 51.9. The third kappa shape index (κ3) is 41.6. The van der Waals surface area contributed by atoms with E-state index >= 15 is 0 Å². The molecule has 3 fully saturated rings. The lowest BCUT2D eigenvalue weighted by Crippen LogP contribution is -2.57. The molecule has 8 heterocycles. The van der Waals surface area contributed by atoms with E-state index < -0.39 is 114 Å². The van der Waals surface area contributed by atoms with Crippen molar-refractivity contribution in [3.63, 3.8) is 0 Å². The van der Waals surface area contributed by atoms with Gasteiger partial charge in [-0.3, -0.25) is 13.9 Å². The molecule has 0 spiro atoms. The summed E-state index contributed by atoms with van der Waals surface area (Å²) < 4.78 is 131. The van der Waals surface area contributed by atoms with E-state index in [0.717, 1.165) is 81.1 Å². The zero-order chi connectivity index (χ0) is 113. The van der Waals surface area contributed by atoms with Crippen LogP contribution in [0.2, 0.25) is 19.6 Å². The Labute approximate surface area is 881 Å². The number of hydrogen-bond donors (Lipinski definition) is 1. The molecule has 0 radical (unpaired) electrons. The van der Waals surface area contributed by atoms with E-state index in [1.807, 2.05) is 163 Å². The van der Waals surface area contributed by atoms with Crippen LogP contribution in [0.4, 0.5) is 0 Å². The predicted octanol–water partition coefficient (Wildman–Crippen LogP) is 20.9. The number of hydrogen-bond acceptors (Lipinski definition) is 34. The number of rotatable bonds is 41. The number of aliphatic hydroxyl groups excluding tert-OH is 1. The van der Waals surface area contributed by atoms with Gasteiger partial charge in [-0.25, -0.2) is 24.4 Å². The second-order valence-electron chi connectivity index (χ2n) is 45.8. The second kappa shape index (κ2) is 59.8. The Morgan fingerprint density at radius 1 is 0.507 bits per heavy atom. The van der Waals surface area contributed by atoms with Gasteiger partial charge in [0.2, 0.25) is 31.5 Å². The molecule has 3 saturated heterocycles. The highest BCUT2D eigenvalue weighted by atomic mass is 31.1. The average molecular weight is 2130 g/mol. The fourth-order valence-corrected chi connectivity index (χ4v) is 21.0. The first-order valence-corrected chi connectivity index (χ1v) is 57.0. The van der Waals surface area contributed by atoms with Crippen LogP contribution in [-0.2, 0) is 138 Å². The van der Waals surface area contributed by atoms with E-state index in [2.05, 4.69) is 114 Å². The van der Waals surface area contributed by atoms with E-state index in [-0.39, 0.29) is 88.2 Å². The number of ether oxygens (including phenoxy) is 17. The average Bonchev–Trinajstić information content (AvgIpc) is 0.770. The summed E-state index contributed by atoms with van der Waals surface area (Å²) in [7, 11) is 16.6. The summed E-state index contributed by atoms with van der Waals surface area (Å²) in [6.07, 6.45) is 12.0. The van der Waals surface area contributed by atoms with Crippen molar-refractivity contribution in [3.05, 3.63) is 81.6 Å². The third-order valence-electron chi connectivity index (χ3n) is 27.8. The Kier molecular flexibility index (Phi) is 55.6. The van der Waals surface area contributed by atoms with E-state index in [9.17, 15) is 43.0 Å². The number of allylic oxidation sites excluding steroid dienone is 2. The topological polar surface area (TPSA) is 377 Å². The largest absolute Gasteiger partial charge is 0.519 e. The summed E-state index contributed by atoms with van der Waals surface area (Å²) in [5.74, 6) is -1.39. The maximum absolute atomic E-state index is 12.6. The van der Waals surface area contributed by atoms with Crippen molar-refractivity contribution >= 4 is 62.2 Å². The van der Waals surface area contributed by atoms with Crippen molar-refractivity contribution in [1.29, 1.82) is 0 Å². The van der Waals surface area contributed by atoms with Gasteiger partial charge < -0.3 is 119 Å². The number of aldehydes is 2. The van der Waals surface area contributed by atoms with Crippen LogP contribution in [0, 0.1) is 47.3 Å². The summed E-state index contributed by atoms with van der Waals surface area (Å²) >= 11 is 0. The molecule has 1 N–H and O–H groups in total. The van der Waals surface area contributed by atoms with Crippen molar-refractivity contribution in [2.24, 2.45) is 47.3 Å². The normalized spacial score (nSPS) is 27.4. The summed E-state index contributed by atoms with van der Waals surface area (Å²) in [6, 6.07) is 2.22. The summed E-state index contributed by atoms with van der Waals surface area (Å²) in [4.78, 5) is 93.1. The summed E-state index contributed by atoms with van der Waals surface area (Å²) in [6.45, 7) is 72.3. The number of nitrogens with zero attached hydrogens (tertiary/aromatic N) is 5. The molecular weight excluding hydrogens is 1930 g/mol. The van der Waals surface area contributed by atoms with Gasteiger partial charge in [0.05, 0.1) is 81.8 Å². The number of aliphatic hydroxyl groups is 1. The molecule has 34 nitrogen and oxygen atoms in total. The van der Waals surface area contributed by atoms with E-state index in [1.165, 1.54) is 0 Å². The standard InChI is InChI=1S/C26H46NO7P.C25H42NO8P.C18H32O5.C12H22O3Si.C11H21NO4.C9H18O2.C8H12N2/c1-12-15(2)14-26(8,30-11)22(17(4)20-18(5)23(28)34-25(6,7)33-20)32-24-21(35-29)19(27(9)10)13-16(3)31-24;1-14(13-27)12-25(7,30-10)21(16(3)19-17(4)22(28)34-24(5,6)33-19)32-23-20(35-29)18(26(8)9)11-15(2)31-23;1-9-11(2)10-18(7,21-8)15(19)12(3)14-13(4)16(20)23-17(5,6)22-14;1-8-10-9(2)11(15-16(5,6)7)14-12(3,4)13-10;1-8-5-11(12(3)4)10(9(2)16-8)6-14-15-7-13;1-5-8(2)6-9(3,7-10)11-4;1-8(2,3)7-9-5-4-6-10-7/h15-17,19,21-22,24H,12-14H2,1-11H3;13-16,18,20-21,23H,11-12H2,1-10H3;11-12,15,19H,9-10H2,1-8H3;8H,1-7H3;7-11H,5-6H2,1-4H3;7-8H,5-6H2,1-4H3;4-6H,1-3H3/b;;;10-8-;;;/t15-,16+,17-,19?,21+,22+,24-,26+;14-,15-,16+,18?,20-,21-,23+,25-;11-,12-,15+,18+;;8-,9?,10+,11?;8-,9+;/m010.10./s1. The highest BCUT2D eigenvalue weighted by Gasteiger charge is 2.54. The van der Waals surface area contributed by atoms with Crippen LogP contribution >= 0.6 is 16.9 Å².